The highest BCUT2D eigenvalue weighted by atomic mass is 15.1. The highest BCUT2D eigenvalue weighted by Gasteiger charge is 1.89. The van der Waals surface area contributed by atoms with Crippen LogP contribution in [0.1, 0.15) is 83.1 Å². The summed E-state index contributed by atoms with van der Waals surface area (Å²) in [5.74, 6) is 0. The maximum Gasteiger partial charge on any atom is 0.159 e. The van der Waals surface area contributed by atoms with E-state index in [0.29, 0.717) is 0 Å². The van der Waals surface area contributed by atoms with E-state index in [4.69, 9.17) is 0 Å². The SMILES string of the molecule is CC.CC.CC.CC.CC.CC.c1ccc2nccnc2c1.c1ccc2nnccc2c1.c1cnc2ncccc2c1. The molecule has 0 unspecified atom stereocenters. The van der Waals surface area contributed by atoms with Crippen LogP contribution in [0.3, 0.4) is 0 Å². The minimum absolute atomic E-state index is 0.810. The van der Waals surface area contributed by atoms with Crippen LogP contribution < -0.4 is 0 Å². The first kappa shape index (κ1) is 42.2. The van der Waals surface area contributed by atoms with E-state index >= 15 is 0 Å². The van der Waals surface area contributed by atoms with Crippen molar-refractivity contribution in [2.45, 2.75) is 83.1 Å². The van der Waals surface area contributed by atoms with E-state index in [0.717, 1.165) is 33.0 Å². The van der Waals surface area contributed by atoms with Gasteiger partial charge in [-0.1, -0.05) is 113 Å². The molecule has 0 atom stereocenters. The van der Waals surface area contributed by atoms with E-state index in [1.807, 2.05) is 162 Å². The van der Waals surface area contributed by atoms with Gasteiger partial charge in [-0.3, -0.25) is 9.97 Å². The first-order chi connectivity index (χ1) is 20.9. The molecule has 228 valence electrons. The van der Waals surface area contributed by atoms with Gasteiger partial charge in [0.05, 0.1) is 22.7 Å². The number of nitrogens with zero attached hydrogens (tertiary/aromatic N) is 6. The van der Waals surface area contributed by atoms with Crippen LogP contribution in [-0.2, 0) is 0 Å². The van der Waals surface area contributed by atoms with Crippen LogP contribution >= 0.6 is 0 Å². The monoisotopic (exact) mass is 570 g/mol. The van der Waals surface area contributed by atoms with Crippen LogP contribution in [0.5, 0.6) is 0 Å². The van der Waals surface area contributed by atoms with Crippen LogP contribution in [0.25, 0.3) is 33.0 Å². The second-order valence-corrected chi connectivity index (χ2v) is 6.19. The standard InChI is InChI=1S/3C8H6N2.6C2H6/c1-3-7-4-2-6-10-8(7)9-5-1;1-2-4-8-7(3-1)9-5-6-10-8;1-2-4-8-7(3-1)5-6-9-10-8;6*1-2/h3*1-6H;6*1-2H3. The summed E-state index contributed by atoms with van der Waals surface area (Å²) in [7, 11) is 0. The molecular formula is C36H54N6. The largest absolute Gasteiger partial charge is 0.253 e. The van der Waals surface area contributed by atoms with Crippen molar-refractivity contribution in [1.29, 1.82) is 0 Å². The first-order valence-electron chi connectivity index (χ1n) is 15.4. The Hall–Kier alpha value is -4.32. The van der Waals surface area contributed by atoms with Crippen molar-refractivity contribution < 1.29 is 0 Å². The van der Waals surface area contributed by atoms with Crippen molar-refractivity contribution in [2.24, 2.45) is 0 Å². The number of fused-ring (bicyclic) bond motifs is 3. The predicted molar refractivity (Wildman–Crippen MR) is 187 cm³/mol. The van der Waals surface area contributed by atoms with Gasteiger partial charge in [-0.15, -0.1) is 0 Å². The van der Waals surface area contributed by atoms with E-state index in [9.17, 15) is 0 Å². The fourth-order valence-corrected chi connectivity index (χ4v) is 2.75. The lowest BCUT2D eigenvalue weighted by Gasteiger charge is -1.90. The normalized spacial score (nSPS) is 8.00. The molecule has 0 aliphatic carbocycles. The molecule has 0 spiro atoms. The maximum atomic E-state index is 4.12. The summed E-state index contributed by atoms with van der Waals surface area (Å²) in [5, 5.41) is 9.92. The molecule has 0 N–H and O–H groups in total. The predicted octanol–water partition coefficient (Wildman–Crippen LogP) is 11.0. The fraction of sp³-hybridized carbons (Fsp3) is 0.333. The number of pyridine rings is 2. The molecule has 0 aliphatic heterocycles. The lowest BCUT2D eigenvalue weighted by atomic mass is 10.2. The molecule has 0 saturated carbocycles. The molecule has 0 bridgehead atoms. The molecule has 6 aromatic rings. The van der Waals surface area contributed by atoms with Crippen molar-refractivity contribution in [3.63, 3.8) is 0 Å². The van der Waals surface area contributed by atoms with Crippen LogP contribution in [-0.4, -0.2) is 30.1 Å². The third-order valence-electron chi connectivity index (χ3n) is 4.17. The van der Waals surface area contributed by atoms with Gasteiger partial charge in [0.25, 0.3) is 0 Å². The van der Waals surface area contributed by atoms with Crippen LogP contribution in [0, 0.1) is 0 Å². The summed E-state index contributed by atoms with van der Waals surface area (Å²) in [6.07, 6.45) is 8.58. The number of benzene rings is 2. The van der Waals surface area contributed by atoms with E-state index in [2.05, 4.69) is 30.1 Å². The first-order valence-corrected chi connectivity index (χ1v) is 15.4. The smallest absolute Gasteiger partial charge is 0.159 e. The Balaban J connectivity index is -0.000000461. The van der Waals surface area contributed by atoms with Gasteiger partial charge < -0.3 is 0 Å². The average Bonchev–Trinajstić information content (AvgIpc) is 3.14. The summed E-state index contributed by atoms with van der Waals surface area (Å²) in [6, 6.07) is 25.5. The highest BCUT2D eigenvalue weighted by Crippen LogP contribution is 2.07. The minimum atomic E-state index is 0.810. The number of hydrogen-bond donors (Lipinski definition) is 0. The van der Waals surface area contributed by atoms with Gasteiger partial charge in [-0.25, -0.2) is 9.97 Å². The number of hydrogen-bond acceptors (Lipinski definition) is 6. The van der Waals surface area contributed by atoms with Gasteiger partial charge in [-0.05, 0) is 48.5 Å². The number of aromatic nitrogens is 6. The number of rotatable bonds is 0. The Morgan fingerprint density at radius 2 is 0.738 bits per heavy atom. The summed E-state index contributed by atoms with van der Waals surface area (Å²) in [5.41, 5.74) is 3.66. The topological polar surface area (TPSA) is 77.3 Å². The molecule has 6 rings (SSSR count). The molecule has 4 aromatic heterocycles. The Bertz CT molecular complexity index is 1010. The molecule has 0 fully saturated rings. The van der Waals surface area contributed by atoms with E-state index < -0.39 is 0 Å². The Morgan fingerprint density at radius 1 is 0.333 bits per heavy atom. The van der Waals surface area contributed by atoms with Gasteiger partial charge in [0.2, 0.25) is 0 Å². The highest BCUT2D eigenvalue weighted by molar-refractivity contribution is 5.77. The Kier molecular flexibility index (Phi) is 33.0. The zero-order valence-electron chi connectivity index (χ0n) is 28.1. The quantitative estimate of drug-likeness (QED) is 0.181. The molecule has 0 saturated heterocycles. The van der Waals surface area contributed by atoms with Gasteiger partial charge in [0.1, 0.15) is 0 Å². The lowest BCUT2D eigenvalue weighted by Crippen LogP contribution is -1.79. The molecule has 0 aliphatic rings. The molecule has 6 heteroatoms. The van der Waals surface area contributed by atoms with Crippen molar-refractivity contribution in [2.75, 3.05) is 0 Å². The Labute approximate surface area is 255 Å². The van der Waals surface area contributed by atoms with Crippen molar-refractivity contribution >= 4 is 33.0 Å². The third-order valence-corrected chi connectivity index (χ3v) is 4.17. The summed E-state index contributed by atoms with van der Waals surface area (Å²) < 4.78 is 0. The zero-order chi connectivity index (χ0) is 32.4. The molecule has 0 radical (unpaired) electrons. The van der Waals surface area contributed by atoms with Gasteiger partial charge in [0, 0.05) is 35.6 Å². The minimum Gasteiger partial charge on any atom is -0.253 e. The summed E-state index contributed by atoms with van der Waals surface area (Å²) in [6.45, 7) is 24.0. The number of para-hydroxylation sites is 2. The second-order valence-electron chi connectivity index (χ2n) is 6.19. The molecule has 6 nitrogen and oxygen atoms in total. The van der Waals surface area contributed by atoms with Gasteiger partial charge >= 0.3 is 0 Å². The van der Waals surface area contributed by atoms with Gasteiger partial charge in [0.15, 0.2) is 5.65 Å². The molecule has 2 aromatic carbocycles. The third kappa shape index (κ3) is 17.4. The molecule has 0 amide bonds. The maximum absolute atomic E-state index is 4.12. The van der Waals surface area contributed by atoms with Crippen molar-refractivity contribution in [3.8, 4) is 0 Å². The second kappa shape index (κ2) is 32.9. The van der Waals surface area contributed by atoms with Crippen molar-refractivity contribution in [1.82, 2.24) is 30.1 Å². The average molecular weight is 571 g/mol. The van der Waals surface area contributed by atoms with Crippen LogP contribution in [0.4, 0.5) is 0 Å². The van der Waals surface area contributed by atoms with Crippen LogP contribution in [0.2, 0.25) is 0 Å². The molecule has 42 heavy (non-hydrogen) atoms. The summed E-state index contributed by atoms with van der Waals surface area (Å²) >= 11 is 0. The van der Waals surface area contributed by atoms with E-state index in [-0.39, 0.29) is 0 Å². The van der Waals surface area contributed by atoms with Crippen LogP contribution in [0.15, 0.2) is 110 Å². The molecular weight excluding hydrogens is 516 g/mol. The molecule has 4 heterocycles. The Morgan fingerprint density at radius 3 is 1.17 bits per heavy atom. The van der Waals surface area contributed by atoms with E-state index in [1.165, 1.54) is 0 Å². The summed E-state index contributed by atoms with van der Waals surface area (Å²) in [4.78, 5) is 16.4. The lowest BCUT2D eigenvalue weighted by molar-refractivity contribution is 1.08. The fourth-order valence-electron chi connectivity index (χ4n) is 2.75. The van der Waals surface area contributed by atoms with E-state index in [1.54, 1.807) is 31.0 Å². The van der Waals surface area contributed by atoms with Gasteiger partial charge in [-0.2, -0.15) is 10.2 Å². The van der Waals surface area contributed by atoms with Crippen molar-refractivity contribution in [3.05, 3.63) is 110 Å². The zero-order valence-corrected chi connectivity index (χ0v) is 28.1.